The zero-order valence-corrected chi connectivity index (χ0v) is 22.6. The van der Waals surface area contributed by atoms with Crippen molar-refractivity contribution in [3.63, 3.8) is 0 Å². The van der Waals surface area contributed by atoms with E-state index in [0.29, 0.717) is 14.9 Å². The van der Waals surface area contributed by atoms with Crippen molar-refractivity contribution in [3.8, 4) is 0 Å². The zero-order chi connectivity index (χ0) is 27.2. The Morgan fingerprint density at radius 3 is 2.37 bits per heavy atom. The van der Waals surface area contributed by atoms with E-state index in [1.54, 1.807) is 17.5 Å². The normalized spacial score (nSPS) is 12.4. The van der Waals surface area contributed by atoms with Crippen molar-refractivity contribution in [2.24, 2.45) is 0 Å². The van der Waals surface area contributed by atoms with Crippen LogP contribution in [0.2, 0.25) is 0 Å². The summed E-state index contributed by atoms with van der Waals surface area (Å²) in [5.74, 6) is -2.70. The highest BCUT2D eigenvalue weighted by Gasteiger charge is 2.24. The summed E-state index contributed by atoms with van der Waals surface area (Å²) in [6.07, 6.45) is 0. The number of fused-ring (bicyclic) bond motifs is 1. The molecule has 0 aliphatic carbocycles. The fourth-order valence-corrected chi connectivity index (χ4v) is 5.15. The molecule has 0 saturated carbocycles. The molecular formula is C28H24BrN3O5S. The van der Waals surface area contributed by atoms with Crippen LogP contribution in [0.4, 0.5) is 0 Å². The molecule has 0 fully saturated rings. The number of carbonyl (C=O) groups excluding carboxylic acids is 3. The number of thiophene rings is 1. The Kier molecular flexibility index (Phi) is 8.55. The van der Waals surface area contributed by atoms with Crippen molar-refractivity contribution < 1.29 is 24.3 Å². The monoisotopic (exact) mass is 593 g/mol. The number of hydrogen-bond acceptors (Lipinski definition) is 5. The van der Waals surface area contributed by atoms with Crippen LogP contribution in [0, 0.1) is 0 Å². The van der Waals surface area contributed by atoms with Gasteiger partial charge < -0.3 is 21.1 Å². The van der Waals surface area contributed by atoms with Gasteiger partial charge in [0.15, 0.2) is 0 Å². The number of rotatable bonds is 9. The molecular weight excluding hydrogens is 570 g/mol. The summed E-state index contributed by atoms with van der Waals surface area (Å²) < 4.78 is 0.326. The topological polar surface area (TPSA) is 125 Å². The van der Waals surface area contributed by atoms with Crippen LogP contribution in [-0.4, -0.2) is 41.4 Å². The summed E-state index contributed by atoms with van der Waals surface area (Å²) in [6, 6.07) is 20.0. The van der Waals surface area contributed by atoms with E-state index < -0.39 is 23.8 Å². The molecule has 0 radical (unpaired) electrons. The summed E-state index contributed by atoms with van der Waals surface area (Å²) >= 11 is 4.54. The Balaban J connectivity index is 1.41. The lowest BCUT2D eigenvalue weighted by atomic mass is 9.99. The minimum Gasteiger partial charge on any atom is -0.480 e. The third-order valence-corrected chi connectivity index (χ3v) is 7.45. The largest absolute Gasteiger partial charge is 0.480 e. The molecule has 194 valence electrons. The number of benzene rings is 3. The van der Waals surface area contributed by atoms with Crippen LogP contribution in [0.3, 0.4) is 0 Å². The molecule has 2 unspecified atom stereocenters. The van der Waals surface area contributed by atoms with Gasteiger partial charge >= 0.3 is 5.97 Å². The Morgan fingerprint density at radius 1 is 0.895 bits per heavy atom. The lowest BCUT2D eigenvalue weighted by Gasteiger charge is -2.18. The van der Waals surface area contributed by atoms with Crippen molar-refractivity contribution >= 4 is 61.7 Å². The van der Waals surface area contributed by atoms with Gasteiger partial charge in [-0.05, 0) is 68.8 Å². The van der Waals surface area contributed by atoms with Gasteiger partial charge in [0.05, 0.1) is 16.5 Å². The van der Waals surface area contributed by atoms with Gasteiger partial charge in [0.2, 0.25) is 0 Å². The second-order valence-corrected chi connectivity index (χ2v) is 10.3. The van der Waals surface area contributed by atoms with E-state index in [1.807, 2.05) is 49.4 Å². The van der Waals surface area contributed by atoms with Crippen molar-refractivity contribution in [1.82, 2.24) is 16.0 Å². The van der Waals surface area contributed by atoms with Gasteiger partial charge in [0.25, 0.3) is 17.7 Å². The van der Waals surface area contributed by atoms with Gasteiger partial charge in [-0.25, -0.2) is 4.79 Å². The number of carboxylic acids is 1. The molecule has 0 bridgehead atoms. The van der Waals surface area contributed by atoms with Gasteiger partial charge in [0, 0.05) is 16.6 Å². The van der Waals surface area contributed by atoms with Gasteiger partial charge in [-0.2, -0.15) is 0 Å². The van der Waals surface area contributed by atoms with E-state index in [4.69, 9.17) is 0 Å². The fraction of sp³-hybridized carbons (Fsp3) is 0.143. The summed E-state index contributed by atoms with van der Waals surface area (Å²) in [5.41, 5.74) is 1.47. The SMILES string of the molecule is CC(NC(=O)c1ccc(C(=O)NC(CNC(=O)c2cccs2)C(=O)O)c(Br)c1)c1cccc2ccccc12. The van der Waals surface area contributed by atoms with Crippen molar-refractivity contribution in [3.05, 3.63) is 104 Å². The van der Waals surface area contributed by atoms with Crippen LogP contribution in [0.1, 0.15) is 48.9 Å². The van der Waals surface area contributed by atoms with Gasteiger partial charge in [0.1, 0.15) is 6.04 Å². The zero-order valence-electron chi connectivity index (χ0n) is 20.2. The summed E-state index contributed by atoms with van der Waals surface area (Å²) in [4.78, 5) is 50.0. The molecule has 10 heteroatoms. The summed E-state index contributed by atoms with van der Waals surface area (Å²) in [7, 11) is 0. The number of carbonyl (C=O) groups is 4. The average Bonchev–Trinajstić information content (AvgIpc) is 3.45. The summed E-state index contributed by atoms with van der Waals surface area (Å²) in [5, 5.41) is 21.3. The van der Waals surface area contributed by atoms with Crippen molar-refractivity contribution in [2.45, 2.75) is 19.0 Å². The molecule has 0 spiro atoms. The quantitative estimate of drug-likeness (QED) is 0.222. The molecule has 1 aromatic heterocycles. The van der Waals surface area contributed by atoms with E-state index in [1.165, 1.54) is 29.5 Å². The molecule has 8 nitrogen and oxygen atoms in total. The Labute approximate surface area is 231 Å². The Hall–Kier alpha value is -4.02. The molecule has 3 aromatic carbocycles. The van der Waals surface area contributed by atoms with Crippen LogP contribution in [0.25, 0.3) is 10.8 Å². The second-order valence-electron chi connectivity index (χ2n) is 8.51. The molecule has 0 saturated heterocycles. The van der Waals surface area contributed by atoms with E-state index in [2.05, 4.69) is 31.9 Å². The molecule has 4 N–H and O–H groups in total. The molecule has 38 heavy (non-hydrogen) atoms. The lowest BCUT2D eigenvalue weighted by Crippen LogP contribution is -2.48. The van der Waals surface area contributed by atoms with Crippen LogP contribution in [-0.2, 0) is 4.79 Å². The number of aliphatic carboxylic acids is 1. The molecule has 1 heterocycles. The number of nitrogens with one attached hydrogen (secondary N) is 3. The third-order valence-electron chi connectivity index (χ3n) is 5.93. The van der Waals surface area contributed by atoms with Gasteiger partial charge in [-0.1, -0.05) is 48.5 Å². The predicted octanol–water partition coefficient (Wildman–Crippen LogP) is 4.77. The molecule has 4 rings (SSSR count). The second kappa shape index (κ2) is 12.0. The maximum absolute atomic E-state index is 13.0. The van der Waals surface area contributed by atoms with E-state index in [-0.39, 0.29) is 24.1 Å². The van der Waals surface area contributed by atoms with Gasteiger partial charge in [-0.3, -0.25) is 14.4 Å². The lowest BCUT2D eigenvalue weighted by molar-refractivity contribution is -0.139. The van der Waals surface area contributed by atoms with Crippen molar-refractivity contribution in [1.29, 1.82) is 0 Å². The average molecular weight is 594 g/mol. The first-order valence-corrected chi connectivity index (χ1v) is 13.4. The first kappa shape index (κ1) is 27.0. The molecule has 0 aliphatic heterocycles. The van der Waals surface area contributed by atoms with Gasteiger partial charge in [-0.15, -0.1) is 11.3 Å². The molecule has 2 atom stereocenters. The van der Waals surface area contributed by atoms with Crippen LogP contribution in [0.15, 0.2) is 82.6 Å². The maximum Gasteiger partial charge on any atom is 0.328 e. The number of hydrogen-bond donors (Lipinski definition) is 4. The Bertz CT molecular complexity index is 1500. The standard InChI is InChI=1S/C28H24BrN3O5S/c1-16(19-9-4-7-17-6-2-3-8-20(17)19)31-25(33)18-11-12-21(22(29)14-18)26(34)32-23(28(36)37)15-30-27(35)24-10-5-13-38-24/h2-14,16,23H,15H2,1H3,(H,30,35)(H,31,33)(H,32,34)(H,36,37). The number of halogens is 1. The minimum atomic E-state index is -1.34. The molecule has 0 aliphatic rings. The molecule has 3 amide bonds. The van der Waals surface area contributed by atoms with Crippen LogP contribution >= 0.6 is 27.3 Å². The highest BCUT2D eigenvalue weighted by atomic mass is 79.9. The maximum atomic E-state index is 13.0. The fourth-order valence-electron chi connectivity index (χ4n) is 3.95. The highest BCUT2D eigenvalue weighted by Crippen LogP contribution is 2.25. The highest BCUT2D eigenvalue weighted by molar-refractivity contribution is 9.10. The Morgan fingerprint density at radius 2 is 1.66 bits per heavy atom. The van der Waals surface area contributed by atoms with Crippen LogP contribution in [0.5, 0.6) is 0 Å². The summed E-state index contributed by atoms with van der Waals surface area (Å²) in [6.45, 7) is 1.61. The smallest absolute Gasteiger partial charge is 0.328 e. The van der Waals surface area contributed by atoms with E-state index in [9.17, 15) is 24.3 Å². The predicted molar refractivity (Wildman–Crippen MR) is 150 cm³/mol. The van der Waals surface area contributed by atoms with Crippen molar-refractivity contribution in [2.75, 3.05) is 6.54 Å². The first-order valence-electron chi connectivity index (χ1n) is 11.7. The number of amides is 3. The first-order chi connectivity index (χ1) is 18.2. The number of carboxylic acid groups (broad SMARTS) is 1. The van der Waals surface area contributed by atoms with E-state index in [0.717, 1.165) is 16.3 Å². The molecule has 4 aromatic rings. The minimum absolute atomic E-state index is 0.152. The van der Waals surface area contributed by atoms with Crippen LogP contribution < -0.4 is 16.0 Å². The van der Waals surface area contributed by atoms with E-state index >= 15 is 0 Å². The third kappa shape index (κ3) is 6.27.